The third kappa shape index (κ3) is 3.63. The van der Waals surface area contributed by atoms with Crippen molar-refractivity contribution in [1.29, 1.82) is 0 Å². The Hall–Kier alpha value is -3.28. The molecule has 0 aliphatic carbocycles. The van der Waals surface area contributed by atoms with Gasteiger partial charge in [-0.1, -0.05) is 30.3 Å². The Morgan fingerprint density at radius 1 is 1.09 bits per heavy atom. The van der Waals surface area contributed by atoms with Crippen LogP contribution >= 0.6 is 0 Å². The van der Waals surface area contributed by atoms with Crippen LogP contribution < -0.4 is 5.43 Å². The highest BCUT2D eigenvalue weighted by Crippen LogP contribution is 2.15. The molecule has 1 N–H and O–H groups in total. The number of furan rings is 1. The van der Waals surface area contributed by atoms with Gasteiger partial charge in [-0.3, -0.25) is 0 Å². The van der Waals surface area contributed by atoms with Crippen LogP contribution in [0.1, 0.15) is 5.76 Å². The first-order valence-corrected chi connectivity index (χ1v) is 6.66. The van der Waals surface area contributed by atoms with Crippen LogP contribution in [0, 0.1) is 0 Å². The summed E-state index contributed by atoms with van der Waals surface area (Å²) >= 11 is 0. The molecule has 0 spiro atoms. The maximum Gasteiger partial charge on any atom is 0.263 e. The first-order valence-electron chi connectivity index (χ1n) is 6.66. The number of benzene rings is 1. The first kappa shape index (κ1) is 13.7. The SMILES string of the molecule is C(=C\c1ccco1)/C=N/Nc1nncc(-c2ccccc2)n1. The molecule has 6 heteroatoms. The molecule has 0 radical (unpaired) electrons. The molecule has 3 rings (SSSR count). The predicted octanol–water partition coefficient (Wildman–Crippen LogP) is 3.24. The van der Waals surface area contributed by atoms with Crippen molar-refractivity contribution in [2.24, 2.45) is 5.10 Å². The van der Waals surface area contributed by atoms with E-state index >= 15 is 0 Å². The fourth-order valence-electron chi connectivity index (χ4n) is 1.76. The molecule has 0 saturated heterocycles. The highest BCUT2D eigenvalue weighted by atomic mass is 16.3. The normalized spacial score (nSPS) is 11.3. The Bertz CT molecular complexity index is 766. The molecule has 0 aliphatic rings. The van der Waals surface area contributed by atoms with Crippen LogP contribution in [0.3, 0.4) is 0 Å². The summed E-state index contributed by atoms with van der Waals surface area (Å²) in [5.74, 6) is 1.10. The number of hydrazone groups is 1. The summed E-state index contributed by atoms with van der Waals surface area (Å²) in [4.78, 5) is 4.35. The van der Waals surface area contributed by atoms with Gasteiger partial charge in [0, 0.05) is 11.8 Å². The minimum Gasteiger partial charge on any atom is -0.465 e. The molecule has 2 heterocycles. The number of hydrogen-bond acceptors (Lipinski definition) is 6. The van der Waals surface area contributed by atoms with E-state index in [0.29, 0.717) is 5.95 Å². The van der Waals surface area contributed by atoms with Crippen LogP contribution in [-0.2, 0) is 0 Å². The molecule has 0 amide bonds. The molecule has 0 unspecified atom stereocenters. The van der Waals surface area contributed by atoms with Gasteiger partial charge >= 0.3 is 0 Å². The van der Waals surface area contributed by atoms with E-state index in [0.717, 1.165) is 17.0 Å². The maximum atomic E-state index is 5.16. The minimum absolute atomic E-state index is 0.337. The lowest BCUT2D eigenvalue weighted by molar-refractivity contribution is 0.557. The molecule has 1 aromatic carbocycles. The van der Waals surface area contributed by atoms with E-state index in [1.807, 2.05) is 42.5 Å². The molecule has 22 heavy (non-hydrogen) atoms. The van der Waals surface area contributed by atoms with Crippen molar-refractivity contribution in [2.45, 2.75) is 0 Å². The molecule has 3 aromatic rings. The van der Waals surface area contributed by atoms with E-state index in [4.69, 9.17) is 4.42 Å². The van der Waals surface area contributed by atoms with Gasteiger partial charge in [-0.05, 0) is 24.3 Å². The summed E-state index contributed by atoms with van der Waals surface area (Å²) in [5, 5.41) is 11.8. The molecule has 0 atom stereocenters. The zero-order chi connectivity index (χ0) is 15.0. The highest BCUT2D eigenvalue weighted by Gasteiger charge is 2.01. The summed E-state index contributed by atoms with van der Waals surface area (Å²) in [6.07, 6.45) is 8.36. The van der Waals surface area contributed by atoms with Crippen molar-refractivity contribution in [3.05, 3.63) is 66.8 Å². The standard InChI is InChI=1S/C16H13N5O/c1-2-6-13(7-3-1)15-12-18-21-16(19-15)20-17-10-4-8-14-9-5-11-22-14/h1-12H,(H,19,20,21)/b8-4+,17-10+. The first-order chi connectivity index (χ1) is 10.9. The van der Waals surface area contributed by atoms with Gasteiger partial charge in [-0.2, -0.15) is 10.2 Å². The number of aromatic nitrogens is 3. The number of anilines is 1. The van der Waals surface area contributed by atoms with E-state index in [-0.39, 0.29) is 0 Å². The van der Waals surface area contributed by atoms with E-state index in [2.05, 4.69) is 25.7 Å². The van der Waals surface area contributed by atoms with Gasteiger partial charge in [-0.15, -0.1) is 5.10 Å². The van der Waals surface area contributed by atoms with Gasteiger partial charge in [0.25, 0.3) is 5.95 Å². The fourth-order valence-corrected chi connectivity index (χ4v) is 1.76. The number of rotatable bonds is 5. The van der Waals surface area contributed by atoms with Gasteiger partial charge in [0.15, 0.2) is 0 Å². The Morgan fingerprint density at radius 2 is 2.00 bits per heavy atom. The second kappa shape index (κ2) is 6.94. The largest absolute Gasteiger partial charge is 0.465 e. The van der Waals surface area contributed by atoms with Crippen molar-refractivity contribution < 1.29 is 4.42 Å². The van der Waals surface area contributed by atoms with Crippen molar-refractivity contribution >= 4 is 18.2 Å². The third-order valence-electron chi connectivity index (χ3n) is 2.76. The molecular formula is C16H13N5O. The van der Waals surface area contributed by atoms with Crippen LogP contribution in [0.15, 0.2) is 70.5 Å². The molecule has 2 aromatic heterocycles. The summed E-state index contributed by atoms with van der Waals surface area (Å²) in [6.45, 7) is 0. The van der Waals surface area contributed by atoms with Crippen molar-refractivity contribution in [2.75, 3.05) is 5.43 Å². The highest BCUT2D eigenvalue weighted by molar-refractivity contribution is 5.77. The van der Waals surface area contributed by atoms with Crippen molar-refractivity contribution in [3.63, 3.8) is 0 Å². The average molecular weight is 291 g/mol. The van der Waals surface area contributed by atoms with Gasteiger partial charge in [-0.25, -0.2) is 10.4 Å². The number of nitrogens with one attached hydrogen (secondary N) is 1. The van der Waals surface area contributed by atoms with Crippen LogP contribution in [0.2, 0.25) is 0 Å². The molecule has 0 bridgehead atoms. The smallest absolute Gasteiger partial charge is 0.263 e. The van der Waals surface area contributed by atoms with Crippen molar-refractivity contribution in [1.82, 2.24) is 15.2 Å². The Labute approximate surface area is 127 Å². The number of nitrogens with zero attached hydrogens (tertiary/aromatic N) is 4. The molecular weight excluding hydrogens is 278 g/mol. The predicted molar refractivity (Wildman–Crippen MR) is 85.1 cm³/mol. The fraction of sp³-hybridized carbons (Fsp3) is 0. The third-order valence-corrected chi connectivity index (χ3v) is 2.76. The molecule has 108 valence electrons. The van der Waals surface area contributed by atoms with Crippen molar-refractivity contribution in [3.8, 4) is 11.3 Å². The summed E-state index contributed by atoms with van der Waals surface area (Å²) in [5.41, 5.74) is 4.45. The van der Waals surface area contributed by atoms with Gasteiger partial charge in [0.1, 0.15) is 5.76 Å². The van der Waals surface area contributed by atoms with Crippen LogP contribution in [0.5, 0.6) is 0 Å². The quantitative estimate of drug-likeness (QED) is 0.577. The lowest BCUT2D eigenvalue weighted by atomic mass is 10.2. The van der Waals surface area contributed by atoms with E-state index in [1.54, 1.807) is 30.8 Å². The van der Waals surface area contributed by atoms with Crippen LogP contribution in [0.25, 0.3) is 17.3 Å². The minimum atomic E-state index is 0.337. The van der Waals surface area contributed by atoms with E-state index in [9.17, 15) is 0 Å². The monoisotopic (exact) mass is 291 g/mol. The molecule has 0 saturated carbocycles. The maximum absolute atomic E-state index is 5.16. The topological polar surface area (TPSA) is 76.2 Å². The van der Waals surface area contributed by atoms with E-state index in [1.165, 1.54) is 0 Å². The second-order valence-corrected chi connectivity index (χ2v) is 4.30. The Morgan fingerprint density at radius 3 is 2.82 bits per heavy atom. The Balaban J connectivity index is 1.63. The molecule has 6 nitrogen and oxygen atoms in total. The van der Waals surface area contributed by atoms with Gasteiger partial charge in [0.05, 0.1) is 18.2 Å². The molecule has 0 fully saturated rings. The summed E-state index contributed by atoms with van der Waals surface area (Å²) in [6, 6.07) is 13.4. The lowest BCUT2D eigenvalue weighted by Gasteiger charge is -2.01. The van der Waals surface area contributed by atoms with Crippen LogP contribution in [0.4, 0.5) is 5.95 Å². The summed E-state index contributed by atoms with van der Waals surface area (Å²) in [7, 11) is 0. The number of allylic oxidation sites excluding steroid dienone is 1. The molecule has 0 aliphatic heterocycles. The Kier molecular flexibility index (Phi) is 4.32. The van der Waals surface area contributed by atoms with Gasteiger partial charge in [0.2, 0.25) is 0 Å². The zero-order valence-corrected chi connectivity index (χ0v) is 11.6. The second-order valence-electron chi connectivity index (χ2n) is 4.30. The average Bonchev–Trinajstić information content (AvgIpc) is 3.09. The lowest BCUT2D eigenvalue weighted by Crippen LogP contribution is -1.99. The summed E-state index contributed by atoms with van der Waals surface area (Å²) < 4.78 is 5.16. The van der Waals surface area contributed by atoms with E-state index < -0.39 is 0 Å². The van der Waals surface area contributed by atoms with Crippen LogP contribution in [-0.4, -0.2) is 21.4 Å². The zero-order valence-electron chi connectivity index (χ0n) is 11.6. The number of hydrogen-bond donors (Lipinski definition) is 1. The van der Waals surface area contributed by atoms with Gasteiger partial charge < -0.3 is 4.42 Å².